The summed E-state index contributed by atoms with van der Waals surface area (Å²) in [6, 6.07) is 9.48. The summed E-state index contributed by atoms with van der Waals surface area (Å²) < 4.78 is 15.0. The number of aromatic nitrogens is 3. The number of hydrogen-bond donors (Lipinski definition) is 1. The van der Waals surface area contributed by atoms with Crippen LogP contribution < -0.4 is 5.73 Å². The van der Waals surface area contributed by atoms with Gasteiger partial charge in [-0.25, -0.2) is 4.39 Å². The Bertz CT molecular complexity index is 779. The zero-order valence-corrected chi connectivity index (χ0v) is 11.6. The molecule has 2 heterocycles. The van der Waals surface area contributed by atoms with Crippen molar-refractivity contribution in [3.05, 3.63) is 65.9 Å². The fourth-order valence-corrected chi connectivity index (χ4v) is 2.25. The lowest BCUT2D eigenvalue weighted by atomic mass is 10.1. The summed E-state index contributed by atoms with van der Waals surface area (Å²) in [5.74, 6) is -0.402. The van der Waals surface area contributed by atoms with Gasteiger partial charge in [0.15, 0.2) is 0 Å². The van der Waals surface area contributed by atoms with Gasteiger partial charge in [-0.1, -0.05) is 24.3 Å². The normalized spacial score (nSPS) is 10.8. The van der Waals surface area contributed by atoms with Crippen LogP contribution in [0.5, 0.6) is 0 Å². The number of rotatable bonds is 3. The van der Waals surface area contributed by atoms with Crippen molar-refractivity contribution in [2.24, 2.45) is 0 Å². The summed E-state index contributed by atoms with van der Waals surface area (Å²) in [4.78, 5) is 3.83. The summed E-state index contributed by atoms with van der Waals surface area (Å²) >= 11 is 0. The molecule has 0 saturated heterocycles. The van der Waals surface area contributed by atoms with Crippen LogP contribution in [0.2, 0.25) is 0 Å². The highest BCUT2D eigenvalue weighted by Gasteiger charge is 2.10. The van der Waals surface area contributed by atoms with Crippen LogP contribution in [-0.2, 0) is 6.54 Å². The van der Waals surface area contributed by atoms with Gasteiger partial charge in [-0.05, 0) is 24.1 Å². The zero-order valence-electron chi connectivity index (χ0n) is 11.6. The molecule has 106 valence electrons. The molecule has 21 heavy (non-hydrogen) atoms. The molecule has 0 aliphatic carbocycles. The molecule has 0 fully saturated rings. The van der Waals surface area contributed by atoms with Crippen LogP contribution in [0.4, 0.5) is 10.1 Å². The third-order valence-electron chi connectivity index (χ3n) is 3.36. The molecule has 0 atom stereocenters. The molecule has 0 radical (unpaired) electrons. The Morgan fingerprint density at radius 3 is 2.81 bits per heavy atom. The standard InChI is InChI=1S/C16H15FN4/c1-11-4-2-3-5-12(11)9-21-10-15(18)16(20-21)13-6-14(17)8-19-7-13/h2-8,10H,9,18H2,1H3. The van der Waals surface area contributed by atoms with E-state index in [4.69, 9.17) is 5.73 Å². The molecule has 0 spiro atoms. The highest BCUT2D eigenvalue weighted by atomic mass is 19.1. The number of anilines is 1. The number of hydrogen-bond acceptors (Lipinski definition) is 3. The van der Waals surface area contributed by atoms with Gasteiger partial charge >= 0.3 is 0 Å². The number of halogens is 1. The molecule has 0 amide bonds. The van der Waals surface area contributed by atoms with Crippen molar-refractivity contribution in [3.63, 3.8) is 0 Å². The molecule has 1 aromatic carbocycles. The van der Waals surface area contributed by atoms with E-state index in [1.807, 2.05) is 12.1 Å². The Morgan fingerprint density at radius 1 is 1.24 bits per heavy atom. The van der Waals surface area contributed by atoms with Crippen LogP contribution in [0.3, 0.4) is 0 Å². The molecular weight excluding hydrogens is 267 g/mol. The van der Waals surface area contributed by atoms with Crippen LogP contribution in [-0.4, -0.2) is 14.8 Å². The highest BCUT2D eigenvalue weighted by Crippen LogP contribution is 2.24. The minimum Gasteiger partial charge on any atom is -0.396 e. The third-order valence-corrected chi connectivity index (χ3v) is 3.36. The zero-order chi connectivity index (χ0) is 14.8. The quantitative estimate of drug-likeness (QED) is 0.803. The fraction of sp³-hybridized carbons (Fsp3) is 0.125. The lowest BCUT2D eigenvalue weighted by molar-refractivity contribution is 0.621. The average Bonchev–Trinajstić information content (AvgIpc) is 2.82. The van der Waals surface area contributed by atoms with E-state index in [0.29, 0.717) is 23.5 Å². The number of pyridine rings is 1. The van der Waals surface area contributed by atoms with Crippen molar-refractivity contribution >= 4 is 5.69 Å². The van der Waals surface area contributed by atoms with Crippen molar-refractivity contribution in [2.45, 2.75) is 13.5 Å². The van der Waals surface area contributed by atoms with Crippen molar-refractivity contribution in [1.29, 1.82) is 0 Å². The van der Waals surface area contributed by atoms with Crippen LogP contribution in [0.1, 0.15) is 11.1 Å². The molecule has 3 aromatic rings. The third kappa shape index (κ3) is 2.76. The van der Waals surface area contributed by atoms with E-state index >= 15 is 0 Å². The summed E-state index contributed by atoms with van der Waals surface area (Å²) in [7, 11) is 0. The number of nitrogens with two attached hydrogens (primary N) is 1. The molecular formula is C16H15FN4. The van der Waals surface area contributed by atoms with Gasteiger partial charge in [0.2, 0.25) is 0 Å². The number of nitrogen functional groups attached to an aromatic ring is 1. The van der Waals surface area contributed by atoms with E-state index in [2.05, 4.69) is 29.1 Å². The highest BCUT2D eigenvalue weighted by molar-refractivity contribution is 5.71. The largest absolute Gasteiger partial charge is 0.396 e. The summed E-state index contributed by atoms with van der Waals surface area (Å²) in [5.41, 5.74) is 9.99. The first-order chi connectivity index (χ1) is 10.1. The van der Waals surface area contributed by atoms with E-state index < -0.39 is 5.82 Å². The monoisotopic (exact) mass is 282 g/mol. The van der Waals surface area contributed by atoms with Gasteiger partial charge in [-0.2, -0.15) is 5.10 Å². The lowest BCUT2D eigenvalue weighted by Gasteiger charge is -2.05. The predicted octanol–water partition coefficient (Wildman–Crippen LogP) is 3.02. The molecule has 2 aromatic heterocycles. The second-order valence-corrected chi connectivity index (χ2v) is 4.95. The van der Waals surface area contributed by atoms with Crippen molar-refractivity contribution in [3.8, 4) is 11.3 Å². The van der Waals surface area contributed by atoms with Crippen molar-refractivity contribution < 1.29 is 4.39 Å². The Hall–Kier alpha value is -2.69. The van der Waals surface area contributed by atoms with Gasteiger partial charge in [0.05, 0.1) is 18.4 Å². The van der Waals surface area contributed by atoms with Crippen LogP contribution >= 0.6 is 0 Å². The Labute approximate surface area is 122 Å². The summed E-state index contributed by atoms with van der Waals surface area (Å²) in [5, 5.41) is 4.44. The maximum absolute atomic E-state index is 13.3. The number of aryl methyl sites for hydroxylation is 1. The maximum atomic E-state index is 13.3. The molecule has 0 unspecified atom stereocenters. The van der Waals surface area contributed by atoms with Gasteiger partial charge in [-0.15, -0.1) is 0 Å². The van der Waals surface area contributed by atoms with E-state index in [1.54, 1.807) is 17.1 Å². The predicted molar refractivity (Wildman–Crippen MR) is 80.1 cm³/mol. The van der Waals surface area contributed by atoms with Gasteiger partial charge in [0, 0.05) is 18.0 Å². The topological polar surface area (TPSA) is 56.7 Å². The van der Waals surface area contributed by atoms with Crippen LogP contribution in [0.15, 0.2) is 48.9 Å². The molecule has 3 rings (SSSR count). The summed E-state index contributed by atoms with van der Waals surface area (Å²) in [6.07, 6.45) is 4.47. The second kappa shape index (κ2) is 5.36. The van der Waals surface area contributed by atoms with Crippen molar-refractivity contribution in [1.82, 2.24) is 14.8 Å². The van der Waals surface area contributed by atoms with Gasteiger partial charge in [-0.3, -0.25) is 9.67 Å². The molecule has 0 aliphatic rings. The lowest BCUT2D eigenvalue weighted by Crippen LogP contribution is -2.02. The average molecular weight is 282 g/mol. The van der Waals surface area contributed by atoms with Crippen LogP contribution in [0, 0.1) is 12.7 Å². The van der Waals surface area contributed by atoms with E-state index in [-0.39, 0.29) is 0 Å². The Morgan fingerprint density at radius 2 is 2.05 bits per heavy atom. The van der Waals surface area contributed by atoms with Gasteiger partial charge < -0.3 is 5.73 Å². The minimum atomic E-state index is -0.402. The van der Waals surface area contributed by atoms with E-state index in [9.17, 15) is 4.39 Å². The Balaban J connectivity index is 1.93. The van der Waals surface area contributed by atoms with Crippen LogP contribution in [0.25, 0.3) is 11.3 Å². The number of benzene rings is 1. The summed E-state index contributed by atoms with van der Waals surface area (Å²) in [6.45, 7) is 2.68. The molecule has 0 bridgehead atoms. The van der Waals surface area contributed by atoms with Gasteiger partial charge in [0.25, 0.3) is 0 Å². The first-order valence-corrected chi connectivity index (χ1v) is 6.62. The first-order valence-electron chi connectivity index (χ1n) is 6.62. The van der Waals surface area contributed by atoms with Gasteiger partial charge in [0.1, 0.15) is 11.5 Å². The second-order valence-electron chi connectivity index (χ2n) is 4.95. The fourth-order valence-electron chi connectivity index (χ4n) is 2.25. The molecule has 0 saturated carbocycles. The smallest absolute Gasteiger partial charge is 0.142 e. The molecule has 0 aliphatic heterocycles. The maximum Gasteiger partial charge on any atom is 0.142 e. The van der Waals surface area contributed by atoms with Crippen molar-refractivity contribution in [2.75, 3.05) is 5.73 Å². The number of nitrogens with zero attached hydrogens (tertiary/aromatic N) is 3. The van der Waals surface area contributed by atoms with E-state index in [1.165, 1.54) is 17.2 Å². The first kappa shape index (κ1) is 13.3. The Kier molecular flexibility index (Phi) is 3.39. The molecule has 4 nitrogen and oxygen atoms in total. The molecule has 2 N–H and O–H groups in total. The minimum absolute atomic E-state index is 0.402. The SMILES string of the molecule is Cc1ccccc1Cn1cc(N)c(-c2cncc(F)c2)n1. The van der Waals surface area contributed by atoms with E-state index in [0.717, 1.165) is 6.20 Å². The molecule has 5 heteroatoms.